The fourth-order valence-corrected chi connectivity index (χ4v) is 1.97. The van der Waals surface area contributed by atoms with Crippen LogP contribution in [0.3, 0.4) is 0 Å². The second-order valence-electron chi connectivity index (χ2n) is 5.06. The van der Waals surface area contributed by atoms with E-state index in [4.69, 9.17) is 0 Å². The van der Waals surface area contributed by atoms with Gasteiger partial charge in [0, 0.05) is 17.5 Å². The van der Waals surface area contributed by atoms with Gasteiger partial charge in [0.1, 0.15) is 5.60 Å². The molecule has 18 heavy (non-hydrogen) atoms. The molecule has 1 aromatic heterocycles. The van der Waals surface area contributed by atoms with Crippen molar-refractivity contribution < 1.29 is 5.11 Å². The average molecular weight is 241 g/mol. The number of hydrogen-bond donors (Lipinski definition) is 1. The number of aryl methyl sites for hydroxylation is 3. The van der Waals surface area contributed by atoms with Crippen LogP contribution in [0.5, 0.6) is 0 Å². The largest absolute Gasteiger partial charge is 0.381 e. The molecule has 2 nitrogen and oxygen atoms in total. The second kappa shape index (κ2) is 4.54. The highest BCUT2D eigenvalue weighted by Gasteiger charge is 2.26. The van der Waals surface area contributed by atoms with E-state index in [2.05, 4.69) is 18.8 Å². The van der Waals surface area contributed by atoms with Gasteiger partial charge in [0.2, 0.25) is 0 Å². The van der Waals surface area contributed by atoms with E-state index >= 15 is 0 Å². The lowest BCUT2D eigenvalue weighted by Crippen LogP contribution is -2.23. The molecule has 1 N–H and O–H groups in total. The van der Waals surface area contributed by atoms with Crippen molar-refractivity contribution in [3.05, 3.63) is 64.5 Å². The molecule has 0 aliphatic carbocycles. The van der Waals surface area contributed by atoms with Gasteiger partial charge in [-0.05, 0) is 50.5 Å². The van der Waals surface area contributed by atoms with Gasteiger partial charge in [-0.2, -0.15) is 0 Å². The van der Waals surface area contributed by atoms with Crippen LogP contribution in [0.15, 0.2) is 36.5 Å². The summed E-state index contributed by atoms with van der Waals surface area (Å²) >= 11 is 0. The number of pyridine rings is 1. The molecule has 0 spiro atoms. The van der Waals surface area contributed by atoms with Gasteiger partial charge in [-0.15, -0.1) is 0 Å². The van der Waals surface area contributed by atoms with Gasteiger partial charge in [-0.1, -0.05) is 24.3 Å². The summed E-state index contributed by atoms with van der Waals surface area (Å²) in [6.07, 6.45) is 1.74. The van der Waals surface area contributed by atoms with Crippen molar-refractivity contribution in [1.29, 1.82) is 0 Å². The van der Waals surface area contributed by atoms with E-state index in [1.54, 1.807) is 6.20 Å². The Labute approximate surface area is 108 Å². The minimum Gasteiger partial charge on any atom is -0.381 e. The van der Waals surface area contributed by atoms with Crippen LogP contribution in [-0.4, -0.2) is 10.1 Å². The normalized spacial score (nSPS) is 14.3. The first-order valence-electron chi connectivity index (χ1n) is 6.14. The molecule has 0 bridgehead atoms. The molecule has 0 saturated heterocycles. The number of benzene rings is 1. The van der Waals surface area contributed by atoms with Crippen LogP contribution in [0.25, 0.3) is 0 Å². The highest BCUT2D eigenvalue weighted by atomic mass is 16.3. The van der Waals surface area contributed by atoms with Gasteiger partial charge in [0.25, 0.3) is 0 Å². The predicted molar refractivity (Wildman–Crippen MR) is 73.6 cm³/mol. The zero-order valence-electron chi connectivity index (χ0n) is 11.4. The summed E-state index contributed by atoms with van der Waals surface area (Å²) in [4.78, 5) is 4.25. The first-order chi connectivity index (χ1) is 8.41. The number of rotatable bonds is 2. The molecule has 0 aliphatic rings. The van der Waals surface area contributed by atoms with Gasteiger partial charge < -0.3 is 5.11 Å². The van der Waals surface area contributed by atoms with Crippen LogP contribution in [0.4, 0.5) is 0 Å². The van der Waals surface area contributed by atoms with Crippen LogP contribution in [0.1, 0.15) is 34.9 Å². The second-order valence-corrected chi connectivity index (χ2v) is 5.06. The Morgan fingerprint density at radius 2 is 1.61 bits per heavy atom. The molecule has 0 radical (unpaired) electrons. The smallest absolute Gasteiger partial charge is 0.113 e. The summed E-state index contributed by atoms with van der Waals surface area (Å²) < 4.78 is 0. The summed E-state index contributed by atoms with van der Waals surface area (Å²) in [6, 6.07) is 9.90. The van der Waals surface area contributed by atoms with Crippen molar-refractivity contribution in [2.75, 3.05) is 0 Å². The van der Waals surface area contributed by atoms with Gasteiger partial charge >= 0.3 is 0 Å². The maximum Gasteiger partial charge on any atom is 0.113 e. The Balaban J connectivity index is 2.46. The Morgan fingerprint density at radius 3 is 2.17 bits per heavy atom. The maximum absolute atomic E-state index is 10.7. The molecule has 0 aliphatic heterocycles. The van der Waals surface area contributed by atoms with Crippen molar-refractivity contribution >= 4 is 0 Å². The van der Waals surface area contributed by atoms with Crippen molar-refractivity contribution in [2.24, 2.45) is 0 Å². The van der Waals surface area contributed by atoms with Crippen molar-refractivity contribution in [3.8, 4) is 0 Å². The lowest BCUT2D eigenvalue weighted by molar-refractivity contribution is 0.102. The zero-order chi connectivity index (χ0) is 13.3. The Hall–Kier alpha value is -1.67. The van der Waals surface area contributed by atoms with E-state index in [1.165, 1.54) is 11.1 Å². The van der Waals surface area contributed by atoms with Crippen molar-refractivity contribution in [3.63, 3.8) is 0 Å². The fourth-order valence-electron chi connectivity index (χ4n) is 1.97. The number of hydrogen-bond acceptors (Lipinski definition) is 2. The fraction of sp³-hybridized carbons (Fsp3) is 0.312. The third-order valence-electron chi connectivity index (χ3n) is 3.54. The van der Waals surface area contributed by atoms with Gasteiger partial charge in [-0.25, -0.2) is 0 Å². The molecule has 1 heterocycles. The minimum atomic E-state index is -1.00. The standard InChI is InChI=1S/C16H19NO/c1-11-5-7-14(9-12(11)2)16(4,18)15-8-6-13(3)17-10-15/h5-10,18H,1-4H3. The van der Waals surface area contributed by atoms with Crippen LogP contribution in [-0.2, 0) is 5.60 Å². The van der Waals surface area contributed by atoms with E-state index < -0.39 is 5.60 Å². The topological polar surface area (TPSA) is 33.1 Å². The SMILES string of the molecule is Cc1ccc(C(C)(O)c2ccc(C)c(C)c2)cn1. The summed E-state index contributed by atoms with van der Waals surface area (Å²) in [5.41, 5.74) is 4.09. The van der Waals surface area contributed by atoms with Crippen molar-refractivity contribution in [2.45, 2.75) is 33.3 Å². The number of aromatic nitrogens is 1. The Kier molecular flexibility index (Phi) is 3.22. The predicted octanol–water partition coefficient (Wildman–Crippen LogP) is 3.26. The molecule has 1 aromatic carbocycles. The molecule has 1 atom stereocenters. The Morgan fingerprint density at radius 1 is 0.944 bits per heavy atom. The summed E-state index contributed by atoms with van der Waals surface area (Å²) in [5.74, 6) is 0. The van der Waals surface area contributed by atoms with E-state index in [0.717, 1.165) is 16.8 Å². The molecule has 2 rings (SSSR count). The lowest BCUT2D eigenvalue weighted by atomic mass is 9.87. The monoisotopic (exact) mass is 241 g/mol. The average Bonchev–Trinajstić information content (AvgIpc) is 2.33. The first kappa shape index (κ1) is 12.8. The maximum atomic E-state index is 10.7. The number of aliphatic hydroxyl groups is 1. The summed E-state index contributed by atoms with van der Waals surface area (Å²) in [6.45, 7) is 7.88. The van der Waals surface area contributed by atoms with Crippen LogP contribution < -0.4 is 0 Å². The zero-order valence-corrected chi connectivity index (χ0v) is 11.4. The molecular weight excluding hydrogens is 222 g/mol. The highest BCUT2D eigenvalue weighted by Crippen LogP contribution is 2.29. The van der Waals surface area contributed by atoms with Gasteiger partial charge in [0.15, 0.2) is 0 Å². The molecule has 94 valence electrons. The number of nitrogens with zero attached hydrogens (tertiary/aromatic N) is 1. The van der Waals surface area contributed by atoms with Crippen LogP contribution in [0, 0.1) is 20.8 Å². The first-order valence-corrected chi connectivity index (χ1v) is 6.14. The third kappa shape index (κ3) is 2.29. The summed E-state index contributed by atoms with van der Waals surface area (Å²) in [5, 5.41) is 10.7. The molecule has 2 aromatic rings. The van der Waals surface area contributed by atoms with E-state index in [-0.39, 0.29) is 0 Å². The molecule has 0 saturated carbocycles. The van der Waals surface area contributed by atoms with E-state index in [9.17, 15) is 5.11 Å². The van der Waals surface area contributed by atoms with Crippen molar-refractivity contribution in [1.82, 2.24) is 4.98 Å². The van der Waals surface area contributed by atoms with Gasteiger partial charge in [-0.3, -0.25) is 4.98 Å². The molecule has 2 heteroatoms. The van der Waals surface area contributed by atoms with Crippen LogP contribution in [0.2, 0.25) is 0 Å². The third-order valence-corrected chi connectivity index (χ3v) is 3.54. The van der Waals surface area contributed by atoms with E-state index in [1.807, 2.05) is 44.2 Å². The summed E-state index contributed by atoms with van der Waals surface area (Å²) in [7, 11) is 0. The van der Waals surface area contributed by atoms with E-state index in [0.29, 0.717) is 0 Å². The lowest BCUT2D eigenvalue weighted by Gasteiger charge is -2.25. The Bertz CT molecular complexity index is 556. The molecule has 0 amide bonds. The minimum absolute atomic E-state index is 0.816. The molecule has 1 unspecified atom stereocenters. The molecular formula is C16H19NO. The highest BCUT2D eigenvalue weighted by molar-refractivity contribution is 5.38. The van der Waals surface area contributed by atoms with Gasteiger partial charge in [0.05, 0.1) is 0 Å². The molecule has 0 fully saturated rings. The van der Waals surface area contributed by atoms with Crippen LogP contribution >= 0.6 is 0 Å². The quantitative estimate of drug-likeness (QED) is 0.875.